The summed E-state index contributed by atoms with van der Waals surface area (Å²) in [5, 5.41) is 18.0. The predicted molar refractivity (Wildman–Crippen MR) is 94.7 cm³/mol. The van der Waals surface area contributed by atoms with Crippen LogP contribution in [0, 0.1) is 11.3 Å². The van der Waals surface area contributed by atoms with Gasteiger partial charge in [0.1, 0.15) is 0 Å². The lowest BCUT2D eigenvalue weighted by Crippen LogP contribution is -2.29. The van der Waals surface area contributed by atoms with Crippen LogP contribution in [-0.2, 0) is 0 Å². The topological polar surface area (TPSA) is 40.5 Å². The van der Waals surface area contributed by atoms with Gasteiger partial charge < -0.3 is 10.2 Å². The molecule has 1 aliphatic carbocycles. The highest BCUT2D eigenvalue weighted by atomic mass is 16.3. The van der Waals surface area contributed by atoms with E-state index in [1.54, 1.807) is 6.08 Å². The van der Waals surface area contributed by atoms with Gasteiger partial charge in [-0.15, -0.1) is 0 Å². The van der Waals surface area contributed by atoms with Crippen LogP contribution in [0.2, 0.25) is 0 Å². The van der Waals surface area contributed by atoms with Gasteiger partial charge in [0.05, 0.1) is 13.2 Å². The molecule has 0 radical (unpaired) electrons. The van der Waals surface area contributed by atoms with Crippen molar-refractivity contribution < 1.29 is 10.2 Å². The highest BCUT2D eigenvalue weighted by molar-refractivity contribution is 5.11. The average molecular weight is 306 g/mol. The molecule has 0 aliphatic heterocycles. The van der Waals surface area contributed by atoms with E-state index in [4.69, 9.17) is 5.11 Å². The van der Waals surface area contributed by atoms with Crippen LogP contribution in [0.4, 0.5) is 0 Å². The fraction of sp³-hybridized carbons (Fsp3) is 0.700. The summed E-state index contributed by atoms with van der Waals surface area (Å²) in [6, 6.07) is 0. The first-order chi connectivity index (χ1) is 10.4. The van der Waals surface area contributed by atoms with Crippen molar-refractivity contribution in [1.82, 2.24) is 0 Å². The third-order valence-corrected chi connectivity index (χ3v) is 5.12. The first-order valence-corrected chi connectivity index (χ1v) is 8.63. The van der Waals surface area contributed by atoms with E-state index in [9.17, 15) is 5.11 Å². The molecule has 0 aromatic heterocycles. The lowest BCUT2D eigenvalue weighted by Gasteiger charge is -2.40. The van der Waals surface area contributed by atoms with Crippen LogP contribution >= 0.6 is 0 Å². The Morgan fingerprint density at radius 3 is 2.59 bits per heavy atom. The zero-order valence-corrected chi connectivity index (χ0v) is 14.7. The molecule has 0 heterocycles. The smallest absolute Gasteiger partial charge is 0.0642 e. The third kappa shape index (κ3) is 6.10. The molecule has 126 valence electrons. The highest BCUT2D eigenvalue weighted by Crippen LogP contribution is 2.45. The van der Waals surface area contributed by atoms with E-state index in [1.807, 2.05) is 0 Å². The fourth-order valence-corrected chi connectivity index (χ4v) is 3.62. The Morgan fingerprint density at radius 1 is 1.27 bits per heavy atom. The second kappa shape index (κ2) is 9.32. The molecule has 0 bridgehead atoms. The van der Waals surface area contributed by atoms with Gasteiger partial charge in [-0.1, -0.05) is 43.7 Å². The molecule has 1 atom stereocenters. The highest BCUT2D eigenvalue weighted by Gasteiger charge is 2.33. The second-order valence-electron chi connectivity index (χ2n) is 7.38. The first-order valence-electron chi connectivity index (χ1n) is 8.63. The molecule has 0 aromatic rings. The SMILES string of the molecule is C=C1CCCC(C)(C)[C@H]1CC/C(C)=C/CC/C(=C/CO)CO. The Morgan fingerprint density at radius 2 is 2.00 bits per heavy atom. The van der Waals surface area contributed by atoms with Crippen LogP contribution < -0.4 is 0 Å². The molecule has 0 unspecified atom stereocenters. The molecular formula is C20H34O2. The number of rotatable bonds is 8. The Bertz CT molecular complexity index is 415. The molecule has 22 heavy (non-hydrogen) atoms. The van der Waals surface area contributed by atoms with Gasteiger partial charge in [0, 0.05) is 0 Å². The van der Waals surface area contributed by atoms with Crippen molar-refractivity contribution in [3.8, 4) is 0 Å². The molecule has 1 rings (SSSR count). The van der Waals surface area contributed by atoms with E-state index < -0.39 is 0 Å². The zero-order valence-electron chi connectivity index (χ0n) is 14.7. The fourth-order valence-electron chi connectivity index (χ4n) is 3.62. The molecule has 1 fully saturated rings. The largest absolute Gasteiger partial charge is 0.392 e. The molecule has 2 N–H and O–H groups in total. The maximum atomic E-state index is 9.17. The summed E-state index contributed by atoms with van der Waals surface area (Å²) < 4.78 is 0. The summed E-state index contributed by atoms with van der Waals surface area (Å²) in [5.74, 6) is 0.645. The number of hydrogen-bond acceptors (Lipinski definition) is 2. The number of allylic oxidation sites excluding steroid dienone is 3. The van der Waals surface area contributed by atoms with E-state index in [2.05, 4.69) is 33.4 Å². The monoisotopic (exact) mass is 306 g/mol. The molecule has 0 aromatic carbocycles. The number of hydrogen-bond donors (Lipinski definition) is 2. The van der Waals surface area contributed by atoms with Crippen LogP contribution in [0.25, 0.3) is 0 Å². The van der Waals surface area contributed by atoms with Crippen molar-refractivity contribution in [3.63, 3.8) is 0 Å². The average Bonchev–Trinajstić information content (AvgIpc) is 2.45. The van der Waals surface area contributed by atoms with Crippen molar-refractivity contribution in [2.45, 2.75) is 65.7 Å². The Hall–Kier alpha value is -0.860. The Labute approximate surface area is 136 Å². The molecule has 2 nitrogen and oxygen atoms in total. The van der Waals surface area contributed by atoms with E-state index in [1.165, 1.54) is 36.8 Å². The second-order valence-corrected chi connectivity index (χ2v) is 7.38. The summed E-state index contributed by atoms with van der Waals surface area (Å²) in [6.45, 7) is 11.3. The minimum absolute atomic E-state index is 0.0114. The van der Waals surface area contributed by atoms with E-state index in [0.717, 1.165) is 24.8 Å². The minimum Gasteiger partial charge on any atom is -0.392 e. The van der Waals surface area contributed by atoms with Crippen LogP contribution in [-0.4, -0.2) is 23.4 Å². The predicted octanol–water partition coefficient (Wildman–Crippen LogP) is 4.79. The van der Waals surface area contributed by atoms with E-state index in [-0.39, 0.29) is 13.2 Å². The van der Waals surface area contributed by atoms with Gasteiger partial charge in [-0.3, -0.25) is 0 Å². The molecule has 1 saturated carbocycles. The summed E-state index contributed by atoms with van der Waals surface area (Å²) in [6.07, 6.45) is 11.9. The summed E-state index contributed by atoms with van der Waals surface area (Å²) in [5.41, 5.74) is 4.19. The zero-order chi connectivity index (χ0) is 16.6. The summed E-state index contributed by atoms with van der Waals surface area (Å²) in [4.78, 5) is 0. The summed E-state index contributed by atoms with van der Waals surface area (Å²) in [7, 11) is 0. The standard InChI is InChI=1S/C20H34O2/c1-16(7-5-9-18(15-22)12-14-21)10-11-19-17(2)8-6-13-20(19,3)4/h7,12,19,21-22H,2,5-6,8-11,13-15H2,1,3-4H3/b16-7+,18-12-/t19-/m0/s1. The van der Waals surface area contributed by atoms with Crippen LogP contribution in [0.15, 0.2) is 35.5 Å². The van der Waals surface area contributed by atoms with Gasteiger partial charge in [-0.05, 0) is 68.8 Å². The number of aliphatic hydroxyl groups is 2. The number of aliphatic hydroxyl groups excluding tert-OH is 2. The van der Waals surface area contributed by atoms with Crippen molar-refractivity contribution in [1.29, 1.82) is 0 Å². The third-order valence-electron chi connectivity index (χ3n) is 5.12. The van der Waals surface area contributed by atoms with Crippen LogP contribution in [0.1, 0.15) is 65.7 Å². The Balaban J connectivity index is 2.44. The summed E-state index contributed by atoms with van der Waals surface area (Å²) >= 11 is 0. The van der Waals surface area contributed by atoms with Gasteiger partial charge >= 0.3 is 0 Å². The van der Waals surface area contributed by atoms with Gasteiger partial charge in [-0.25, -0.2) is 0 Å². The van der Waals surface area contributed by atoms with Gasteiger partial charge in [0.15, 0.2) is 0 Å². The molecule has 0 amide bonds. The van der Waals surface area contributed by atoms with Crippen molar-refractivity contribution in [2.75, 3.05) is 13.2 Å². The molecule has 0 saturated heterocycles. The molecular weight excluding hydrogens is 272 g/mol. The van der Waals surface area contributed by atoms with Gasteiger partial charge in [-0.2, -0.15) is 0 Å². The van der Waals surface area contributed by atoms with Crippen LogP contribution in [0.5, 0.6) is 0 Å². The van der Waals surface area contributed by atoms with Crippen molar-refractivity contribution in [2.24, 2.45) is 11.3 Å². The van der Waals surface area contributed by atoms with Crippen molar-refractivity contribution in [3.05, 3.63) is 35.5 Å². The molecule has 0 spiro atoms. The quantitative estimate of drug-likeness (QED) is 0.633. The molecule has 2 heteroatoms. The molecule has 1 aliphatic rings. The Kier molecular flexibility index (Phi) is 8.13. The lowest BCUT2D eigenvalue weighted by molar-refractivity contribution is 0.180. The van der Waals surface area contributed by atoms with Crippen LogP contribution in [0.3, 0.4) is 0 Å². The maximum Gasteiger partial charge on any atom is 0.0642 e. The van der Waals surface area contributed by atoms with E-state index in [0.29, 0.717) is 11.3 Å². The maximum absolute atomic E-state index is 9.17. The van der Waals surface area contributed by atoms with E-state index >= 15 is 0 Å². The lowest BCUT2D eigenvalue weighted by atomic mass is 9.65. The van der Waals surface area contributed by atoms with Crippen molar-refractivity contribution >= 4 is 0 Å². The minimum atomic E-state index is 0.0114. The first kappa shape index (κ1) is 19.2. The normalized spacial score (nSPS) is 23.0. The van der Waals surface area contributed by atoms with Gasteiger partial charge in [0.2, 0.25) is 0 Å². The van der Waals surface area contributed by atoms with Gasteiger partial charge in [0.25, 0.3) is 0 Å².